The molecule has 1 atom stereocenters. The molecule has 1 aliphatic carbocycles. The largest absolute Gasteiger partial charge is 0.481 e. The molecule has 0 aromatic carbocycles. The molecule has 1 heterocycles. The van der Waals surface area contributed by atoms with E-state index in [9.17, 15) is 14.4 Å². The van der Waals surface area contributed by atoms with E-state index < -0.39 is 11.4 Å². The molecule has 3 amide bonds. The van der Waals surface area contributed by atoms with Gasteiger partial charge in [0.05, 0.1) is 11.3 Å². The van der Waals surface area contributed by atoms with E-state index in [0.29, 0.717) is 25.9 Å². The van der Waals surface area contributed by atoms with Crippen molar-refractivity contribution in [2.24, 2.45) is 11.3 Å². The summed E-state index contributed by atoms with van der Waals surface area (Å²) in [6.07, 6.45) is 2.80. The SMILES string of the molecule is CNC(=O)C1CCCN(C(=O)NCC2(C(=O)O)CC2)C1. The van der Waals surface area contributed by atoms with Gasteiger partial charge >= 0.3 is 12.0 Å². The second kappa shape index (κ2) is 5.68. The molecule has 1 saturated heterocycles. The van der Waals surface area contributed by atoms with Crippen LogP contribution in [0.1, 0.15) is 25.7 Å². The monoisotopic (exact) mass is 283 g/mol. The lowest BCUT2D eigenvalue weighted by Crippen LogP contribution is -2.49. The van der Waals surface area contributed by atoms with Crippen LogP contribution in [0.3, 0.4) is 0 Å². The predicted molar refractivity (Wildman–Crippen MR) is 71.1 cm³/mol. The van der Waals surface area contributed by atoms with Gasteiger partial charge in [-0.3, -0.25) is 9.59 Å². The van der Waals surface area contributed by atoms with E-state index in [0.717, 1.165) is 12.8 Å². The Hall–Kier alpha value is -1.79. The van der Waals surface area contributed by atoms with Crippen molar-refractivity contribution in [2.45, 2.75) is 25.7 Å². The average molecular weight is 283 g/mol. The number of carbonyl (C=O) groups excluding carboxylic acids is 2. The second-order valence-electron chi connectivity index (χ2n) is 5.64. The maximum absolute atomic E-state index is 12.0. The molecule has 3 N–H and O–H groups in total. The van der Waals surface area contributed by atoms with Gasteiger partial charge in [-0.05, 0) is 25.7 Å². The molecule has 0 radical (unpaired) electrons. The standard InChI is InChI=1S/C13H21N3O4/c1-14-10(17)9-3-2-6-16(7-9)12(20)15-8-13(4-5-13)11(18)19/h9H,2-8H2,1H3,(H,14,17)(H,15,20)(H,18,19). The fourth-order valence-electron chi connectivity index (χ4n) is 2.55. The number of hydrogen-bond acceptors (Lipinski definition) is 3. The zero-order chi connectivity index (χ0) is 14.8. The van der Waals surface area contributed by atoms with Crippen molar-refractivity contribution in [1.82, 2.24) is 15.5 Å². The number of carbonyl (C=O) groups is 3. The van der Waals surface area contributed by atoms with Crippen LogP contribution >= 0.6 is 0 Å². The van der Waals surface area contributed by atoms with Gasteiger partial charge in [-0.2, -0.15) is 0 Å². The first-order valence-electron chi connectivity index (χ1n) is 6.96. The van der Waals surface area contributed by atoms with Crippen LogP contribution in [0, 0.1) is 11.3 Å². The van der Waals surface area contributed by atoms with Gasteiger partial charge in [0.2, 0.25) is 5.91 Å². The molecule has 2 fully saturated rings. The lowest BCUT2D eigenvalue weighted by Gasteiger charge is -2.32. The van der Waals surface area contributed by atoms with Crippen LogP contribution in [0.4, 0.5) is 4.79 Å². The van der Waals surface area contributed by atoms with Gasteiger partial charge in [0.1, 0.15) is 0 Å². The fraction of sp³-hybridized carbons (Fsp3) is 0.769. The Morgan fingerprint density at radius 1 is 1.35 bits per heavy atom. The Labute approximate surface area is 117 Å². The molecule has 0 spiro atoms. The molecular formula is C13H21N3O4. The van der Waals surface area contributed by atoms with E-state index in [2.05, 4.69) is 10.6 Å². The first-order chi connectivity index (χ1) is 9.48. The smallest absolute Gasteiger partial charge is 0.317 e. The Balaban J connectivity index is 1.83. The third-order valence-electron chi connectivity index (χ3n) is 4.21. The summed E-state index contributed by atoms with van der Waals surface area (Å²) in [7, 11) is 1.59. The number of likely N-dealkylation sites (tertiary alicyclic amines) is 1. The summed E-state index contributed by atoms with van der Waals surface area (Å²) in [4.78, 5) is 36.3. The molecule has 1 saturated carbocycles. The maximum Gasteiger partial charge on any atom is 0.317 e. The number of hydrogen-bond donors (Lipinski definition) is 3. The summed E-state index contributed by atoms with van der Waals surface area (Å²) < 4.78 is 0. The molecule has 112 valence electrons. The first kappa shape index (κ1) is 14.6. The minimum Gasteiger partial charge on any atom is -0.481 e. The van der Waals surface area contributed by atoms with Crippen LogP contribution in [0.5, 0.6) is 0 Å². The molecule has 0 aromatic heterocycles. The number of urea groups is 1. The average Bonchev–Trinajstić information content (AvgIpc) is 3.25. The minimum atomic E-state index is -0.848. The molecule has 1 unspecified atom stereocenters. The van der Waals surface area contributed by atoms with Crippen molar-refractivity contribution >= 4 is 17.9 Å². The Morgan fingerprint density at radius 2 is 2.05 bits per heavy atom. The van der Waals surface area contributed by atoms with Crippen LogP contribution in [-0.2, 0) is 9.59 Å². The van der Waals surface area contributed by atoms with E-state index in [4.69, 9.17) is 5.11 Å². The first-order valence-corrected chi connectivity index (χ1v) is 6.96. The van der Waals surface area contributed by atoms with Gasteiger partial charge < -0.3 is 20.6 Å². The lowest BCUT2D eigenvalue weighted by molar-refractivity contribution is -0.143. The Kier molecular flexibility index (Phi) is 4.15. The molecule has 2 aliphatic rings. The normalized spacial score (nSPS) is 23.9. The number of carboxylic acid groups (broad SMARTS) is 1. The summed E-state index contributed by atoms with van der Waals surface area (Å²) in [5.74, 6) is -1.07. The van der Waals surface area contributed by atoms with Gasteiger partial charge in [-0.1, -0.05) is 0 Å². The molecule has 20 heavy (non-hydrogen) atoms. The zero-order valence-electron chi connectivity index (χ0n) is 11.6. The van der Waals surface area contributed by atoms with Crippen molar-refractivity contribution < 1.29 is 19.5 Å². The highest BCUT2D eigenvalue weighted by atomic mass is 16.4. The summed E-state index contributed by atoms with van der Waals surface area (Å²) in [6.45, 7) is 1.17. The van der Waals surface area contributed by atoms with Crippen molar-refractivity contribution in [3.05, 3.63) is 0 Å². The highest BCUT2D eigenvalue weighted by Crippen LogP contribution is 2.45. The number of nitrogens with one attached hydrogen (secondary N) is 2. The third kappa shape index (κ3) is 3.02. The third-order valence-corrected chi connectivity index (χ3v) is 4.21. The number of piperidine rings is 1. The maximum atomic E-state index is 12.0. The van der Waals surface area contributed by atoms with Crippen molar-refractivity contribution in [1.29, 1.82) is 0 Å². The van der Waals surface area contributed by atoms with E-state index >= 15 is 0 Å². The van der Waals surface area contributed by atoms with Crippen LogP contribution in [0.15, 0.2) is 0 Å². The Morgan fingerprint density at radius 3 is 2.60 bits per heavy atom. The molecular weight excluding hydrogens is 262 g/mol. The van der Waals surface area contributed by atoms with E-state index in [-0.39, 0.29) is 24.4 Å². The van der Waals surface area contributed by atoms with E-state index in [1.165, 1.54) is 0 Å². The van der Waals surface area contributed by atoms with Crippen molar-refractivity contribution in [2.75, 3.05) is 26.7 Å². The number of rotatable bonds is 4. The van der Waals surface area contributed by atoms with Crippen LogP contribution in [0.2, 0.25) is 0 Å². The van der Waals surface area contributed by atoms with Crippen LogP contribution in [0.25, 0.3) is 0 Å². The predicted octanol–water partition coefficient (Wildman–Crippen LogP) is 0.0188. The quantitative estimate of drug-likeness (QED) is 0.677. The lowest BCUT2D eigenvalue weighted by atomic mass is 9.97. The summed E-state index contributed by atoms with van der Waals surface area (Å²) >= 11 is 0. The number of amides is 3. The number of aliphatic carboxylic acids is 1. The molecule has 1 aliphatic heterocycles. The van der Waals surface area contributed by atoms with Crippen molar-refractivity contribution in [3.8, 4) is 0 Å². The fourth-order valence-corrected chi connectivity index (χ4v) is 2.55. The van der Waals surface area contributed by atoms with Gasteiger partial charge in [-0.25, -0.2) is 4.79 Å². The van der Waals surface area contributed by atoms with Crippen LogP contribution in [-0.4, -0.2) is 54.6 Å². The summed E-state index contributed by atoms with van der Waals surface area (Å²) in [5, 5.41) is 14.3. The van der Waals surface area contributed by atoms with Gasteiger partial charge in [0.25, 0.3) is 0 Å². The molecule has 7 nitrogen and oxygen atoms in total. The van der Waals surface area contributed by atoms with Crippen molar-refractivity contribution in [3.63, 3.8) is 0 Å². The van der Waals surface area contributed by atoms with Gasteiger partial charge in [0, 0.05) is 26.7 Å². The summed E-state index contributed by atoms with van der Waals surface area (Å²) in [6, 6.07) is -0.272. The number of nitrogens with zero attached hydrogens (tertiary/aromatic N) is 1. The highest BCUT2D eigenvalue weighted by molar-refractivity contribution is 5.82. The Bertz CT molecular complexity index is 420. The molecule has 2 rings (SSSR count). The summed E-state index contributed by atoms with van der Waals surface area (Å²) in [5.41, 5.74) is -0.758. The zero-order valence-corrected chi connectivity index (χ0v) is 11.6. The highest BCUT2D eigenvalue weighted by Gasteiger charge is 2.50. The van der Waals surface area contributed by atoms with E-state index in [1.807, 2.05) is 0 Å². The molecule has 0 aromatic rings. The van der Waals surface area contributed by atoms with Crippen LogP contribution < -0.4 is 10.6 Å². The van der Waals surface area contributed by atoms with Gasteiger partial charge in [-0.15, -0.1) is 0 Å². The minimum absolute atomic E-state index is 0.0494. The second-order valence-corrected chi connectivity index (χ2v) is 5.64. The van der Waals surface area contributed by atoms with Gasteiger partial charge in [0.15, 0.2) is 0 Å². The topological polar surface area (TPSA) is 98.7 Å². The molecule has 7 heteroatoms. The van der Waals surface area contributed by atoms with E-state index in [1.54, 1.807) is 11.9 Å². The molecule has 0 bridgehead atoms. The number of carboxylic acids is 1.